The van der Waals surface area contributed by atoms with Crippen LogP contribution in [0.2, 0.25) is 5.02 Å². The Labute approximate surface area is 140 Å². The lowest BCUT2D eigenvalue weighted by Crippen LogP contribution is -2.13. The van der Waals surface area contributed by atoms with Crippen molar-refractivity contribution >= 4 is 33.0 Å². The minimum atomic E-state index is -3.75. The summed E-state index contributed by atoms with van der Waals surface area (Å²) in [6, 6.07) is 10.7. The molecule has 5 nitrogen and oxygen atoms in total. The molecule has 2 aromatic carbocycles. The SMILES string of the molecule is O=S(=O)(Nc1cccc(Cl)c1)c1ccc(O)c(NCC2CC2)c1. The van der Waals surface area contributed by atoms with Gasteiger partial charge in [0.2, 0.25) is 0 Å². The molecule has 2 aromatic rings. The fourth-order valence-electron chi connectivity index (χ4n) is 2.17. The first-order chi connectivity index (χ1) is 10.9. The number of phenolic OH excluding ortho intramolecular Hbond substituents is 1. The van der Waals surface area contributed by atoms with E-state index in [0.717, 1.165) is 6.54 Å². The van der Waals surface area contributed by atoms with E-state index in [1.165, 1.54) is 37.1 Å². The Morgan fingerprint density at radius 1 is 1.17 bits per heavy atom. The van der Waals surface area contributed by atoms with Crippen LogP contribution in [0.1, 0.15) is 12.8 Å². The molecule has 0 spiro atoms. The van der Waals surface area contributed by atoms with Gasteiger partial charge in [0.1, 0.15) is 5.75 Å². The molecule has 1 aliphatic rings. The van der Waals surface area contributed by atoms with Gasteiger partial charge in [-0.3, -0.25) is 4.72 Å². The van der Waals surface area contributed by atoms with Gasteiger partial charge >= 0.3 is 0 Å². The number of hydrogen-bond acceptors (Lipinski definition) is 4. The molecule has 0 aromatic heterocycles. The molecule has 0 heterocycles. The molecule has 0 atom stereocenters. The van der Waals surface area contributed by atoms with Crippen molar-refractivity contribution in [3.8, 4) is 5.75 Å². The van der Waals surface area contributed by atoms with Crippen molar-refractivity contribution in [1.82, 2.24) is 0 Å². The predicted molar refractivity (Wildman–Crippen MR) is 91.6 cm³/mol. The molecule has 0 saturated heterocycles. The van der Waals surface area contributed by atoms with Crippen LogP contribution < -0.4 is 10.0 Å². The zero-order valence-corrected chi connectivity index (χ0v) is 13.9. The highest BCUT2D eigenvalue weighted by Crippen LogP contribution is 2.32. The summed E-state index contributed by atoms with van der Waals surface area (Å²) in [4.78, 5) is 0.0774. The maximum Gasteiger partial charge on any atom is 0.261 e. The Morgan fingerprint density at radius 2 is 1.96 bits per heavy atom. The fraction of sp³-hybridized carbons (Fsp3) is 0.250. The number of anilines is 2. The third kappa shape index (κ3) is 4.09. The highest BCUT2D eigenvalue weighted by atomic mass is 35.5. The topological polar surface area (TPSA) is 78.4 Å². The van der Waals surface area contributed by atoms with E-state index < -0.39 is 10.0 Å². The molecule has 0 bridgehead atoms. The first kappa shape index (κ1) is 16.0. The van der Waals surface area contributed by atoms with Crippen LogP contribution in [0.25, 0.3) is 0 Å². The highest BCUT2D eigenvalue weighted by molar-refractivity contribution is 7.92. The summed E-state index contributed by atoms with van der Waals surface area (Å²) in [5.74, 6) is 0.645. The van der Waals surface area contributed by atoms with Gasteiger partial charge < -0.3 is 10.4 Å². The molecule has 3 rings (SSSR count). The average Bonchev–Trinajstić information content (AvgIpc) is 3.30. The second-order valence-electron chi connectivity index (χ2n) is 5.62. The summed E-state index contributed by atoms with van der Waals surface area (Å²) in [7, 11) is -3.75. The van der Waals surface area contributed by atoms with Crippen LogP contribution >= 0.6 is 11.6 Å². The lowest BCUT2D eigenvalue weighted by atomic mass is 10.3. The molecule has 7 heteroatoms. The van der Waals surface area contributed by atoms with Gasteiger partial charge in [0.25, 0.3) is 10.0 Å². The van der Waals surface area contributed by atoms with E-state index >= 15 is 0 Å². The van der Waals surface area contributed by atoms with Crippen LogP contribution in [-0.4, -0.2) is 20.1 Å². The van der Waals surface area contributed by atoms with Gasteiger partial charge in [0.05, 0.1) is 16.3 Å². The van der Waals surface area contributed by atoms with Crippen molar-refractivity contribution in [3.63, 3.8) is 0 Å². The Hall–Kier alpha value is -1.92. The third-order valence-electron chi connectivity index (χ3n) is 3.63. The zero-order chi connectivity index (χ0) is 16.4. The zero-order valence-electron chi connectivity index (χ0n) is 12.3. The van der Waals surface area contributed by atoms with Crippen LogP contribution in [-0.2, 0) is 10.0 Å². The van der Waals surface area contributed by atoms with Crippen LogP contribution in [0, 0.1) is 5.92 Å². The molecule has 0 amide bonds. The Morgan fingerprint density at radius 3 is 2.65 bits per heavy atom. The molecular weight excluding hydrogens is 336 g/mol. The van der Waals surface area contributed by atoms with Crippen molar-refractivity contribution in [2.45, 2.75) is 17.7 Å². The van der Waals surface area contributed by atoms with Gasteiger partial charge in [-0.05, 0) is 55.2 Å². The largest absolute Gasteiger partial charge is 0.506 e. The van der Waals surface area contributed by atoms with Crippen LogP contribution in [0.3, 0.4) is 0 Å². The van der Waals surface area contributed by atoms with Gasteiger partial charge in [-0.2, -0.15) is 0 Å². The summed E-state index contributed by atoms with van der Waals surface area (Å²) in [5.41, 5.74) is 0.809. The number of hydrogen-bond donors (Lipinski definition) is 3. The molecule has 0 unspecified atom stereocenters. The molecule has 0 aliphatic heterocycles. The molecule has 23 heavy (non-hydrogen) atoms. The summed E-state index contributed by atoms with van der Waals surface area (Å²) in [6.07, 6.45) is 2.34. The second-order valence-corrected chi connectivity index (χ2v) is 7.74. The molecular formula is C16H17ClN2O3S. The van der Waals surface area contributed by atoms with Crippen LogP contribution in [0.15, 0.2) is 47.4 Å². The van der Waals surface area contributed by atoms with Crippen molar-refractivity contribution in [2.75, 3.05) is 16.6 Å². The van der Waals surface area contributed by atoms with Crippen molar-refractivity contribution in [3.05, 3.63) is 47.5 Å². The van der Waals surface area contributed by atoms with E-state index in [9.17, 15) is 13.5 Å². The predicted octanol–water partition coefficient (Wildman–Crippen LogP) is 3.67. The number of phenols is 1. The maximum atomic E-state index is 12.5. The second kappa shape index (κ2) is 6.29. The summed E-state index contributed by atoms with van der Waals surface area (Å²) in [5, 5.41) is 13.4. The Kier molecular flexibility index (Phi) is 4.37. The van der Waals surface area contributed by atoms with E-state index in [4.69, 9.17) is 11.6 Å². The number of benzene rings is 2. The Bertz CT molecular complexity index is 820. The average molecular weight is 353 g/mol. The molecule has 1 fully saturated rings. The Balaban J connectivity index is 1.82. The minimum absolute atomic E-state index is 0.0346. The van der Waals surface area contributed by atoms with E-state index in [1.807, 2.05) is 0 Å². The monoisotopic (exact) mass is 352 g/mol. The van der Waals surface area contributed by atoms with E-state index in [-0.39, 0.29) is 10.6 Å². The number of sulfonamides is 1. The van der Waals surface area contributed by atoms with Crippen molar-refractivity contribution < 1.29 is 13.5 Å². The van der Waals surface area contributed by atoms with Crippen LogP contribution in [0.5, 0.6) is 5.75 Å². The quantitative estimate of drug-likeness (QED) is 0.693. The van der Waals surface area contributed by atoms with Gasteiger partial charge in [0, 0.05) is 11.6 Å². The number of nitrogens with one attached hydrogen (secondary N) is 2. The minimum Gasteiger partial charge on any atom is -0.506 e. The van der Waals surface area contributed by atoms with Gasteiger partial charge in [-0.25, -0.2) is 8.42 Å². The first-order valence-electron chi connectivity index (χ1n) is 7.29. The van der Waals surface area contributed by atoms with Crippen LogP contribution in [0.4, 0.5) is 11.4 Å². The molecule has 0 radical (unpaired) electrons. The van der Waals surface area contributed by atoms with Crippen molar-refractivity contribution in [2.24, 2.45) is 5.92 Å². The standard InChI is InChI=1S/C16H17ClN2O3S/c17-12-2-1-3-13(8-12)19-23(21,22)14-6-7-16(20)15(9-14)18-10-11-4-5-11/h1-3,6-9,11,18-20H,4-5,10H2. The normalized spacial score (nSPS) is 14.5. The summed E-state index contributed by atoms with van der Waals surface area (Å²) < 4.78 is 27.4. The number of halogens is 1. The molecule has 122 valence electrons. The smallest absolute Gasteiger partial charge is 0.261 e. The summed E-state index contributed by atoms with van der Waals surface area (Å²) in [6.45, 7) is 0.735. The molecule has 1 saturated carbocycles. The van der Waals surface area contributed by atoms with Crippen molar-refractivity contribution in [1.29, 1.82) is 0 Å². The van der Waals surface area contributed by atoms with E-state index in [1.54, 1.807) is 18.2 Å². The third-order valence-corrected chi connectivity index (χ3v) is 5.25. The van der Waals surface area contributed by atoms with E-state index in [0.29, 0.717) is 22.3 Å². The molecule has 1 aliphatic carbocycles. The van der Waals surface area contributed by atoms with Gasteiger partial charge in [-0.15, -0.1) is 0 Å². The lowest BCUT2D eigenvalue weighted by molar-refractivity contribution is 0.476. The highest BCUT2D eigenvalue weighted by Gasteiger charge is 2.22. The van der Waals surface area contributed by atoms with E-state index in [2.05, 4.69) is 10.0 Å². The molecule has 3 N–H and O–H groups in total. The van der Waals surface area contributed by atoms with Gasteiger partial charge in [-0.1, -0.05) is 17.7 Å². The number of rotatable bonds is 6. The maximum absolute atomic E-state index is 12.5. The van der Waals surface area contributed by atoms with Gasteiger partial charge in [0.15, 0.2) is 0 Å². The first-order valence-corrected chi connectivity index (χ1v) is 9.15. The fourth-order valence-corrected chi connectivity index (χ4v) is 3.43. The lowest BCUT2D eigenvalue weighted by Gasteiger charge is -2.12. The summed E-state index contributed by atoms with van der Waals surface area (Å²) >= 11 is 5.86. The number of aromatic hydroxyl groups is 1.